The van der Waals surface area contributed by atoms with E-state index in [0.29, 0.717) is 32.3 Å². The van der Waals surface area contributed by atoms with Gasteiger partial charge in [0.15, 0.2) is 11.0 Å². The van der Waals surface area contributed by atoms with Gasteiger partial charge < -0.3 is 4.74 Å². The number of methoxy groups -OCH3 is 1. The quantitative estimate of drug-likeness (QED) is 0.176. The molecule has 4 aromatic rings. The van der Waals surface area contributed by atoms with Crippen molar-refractivity contribution in [3.8, 4) is 22.8 Å². The van der Waals surface area contributed by atoms with E-state index < -0.39 is 0 Å². The van der Waals surface area contributed by atoms with Crippen molar-refractivity contribution in [3.63, 3.8) is 0 Å². The van der Waals surface area contributed by atoms with Gasteiger partial charge in [0.1, 0.15) is 5.75 Å². The summed E-state index contributed by atoms with van der Waals surface area (Å²) in [6.45, 7) is 1.76. The average molecular weight is 526 g/mol. The van der Waals surface area contributed by atoms with Gasteiger partial charge in [-0.25, -0.2) is 5.43 Å². The zero-order valence-electron chi connectivity index (χ0n) is 18.9. The number of ether oxygens (including phenoxy) is 1. The first-order valence-corrected chi connectivity index (χ1v) is 12.3. The van der Waals surface area contributed by atoms with E-state index >= 15 is 0 Å². The summed E-state index contributed by atoms with van der Waals surface area (Å²) in [4.78, 5) is 12.5. The molecule has 0 saturated carbocycles. The van der Waals surface area contributed by atoms with Crippen LogP contribution in [0.3, 0.4) is 0 Å². The summed E-state index contributed by atoms with van der Waals surface area (Å²) in [6.07, 6.45) is 0. The highest BCUT2D eigenvalue weighted by atomic mass is 35.5. The lowest BCUT2D eigenvalue weighted by Crippen LogP contribution is -2.21. The number of amides is 1. The maximum Gasteiger partial charge on any atom is 0.250 e. The fourth-order valence-corrected chi connectivity index (χ4v) is 4.54. The predicted molar refractivity (Wildman–Crippen MR) is 141 cm³/mol. The standard InChI is InChI=1S/C25H21Cl2N5O2S/c1-16(21-13-10-18(26)14-22(21)27)28-29-23(33)15-35-25-31-30-24(17-8-11-20(34-2)12-9-17)32(25)19-6-4-3-5-7-19/h3-14H,15H2,1-2H3,(H,29,33)/b28-16+. The van der Waals surface area contributed by atoms with Crippen LogP contribution in [-0.2, 0) is 4.79 Å². The van der Waals surface area contributed by atoms with E-state index in [9.17, 15) is 4.79 Å². The lowest BCUT2D eigenvalue weighted by atomic mass is 10.1. The summed E-state index contributed by atoms with van der Waals surface area (Å²) >= 11 is 13.4. The third kappa shape index (κ3) is 6.03. The number of hydrogen-bond donors (Lipinski definition) is 1. The minimum absolute atomic E-state index is 0.0959. The number of aromatic nitrogens is 3. The van der Waals surface area contributed by atoms with E-state index in [1.165, 1.54) is 11.8 Å². The van der Waals surface area contributed by atoms with Crippen LogP contribution in [0.1, 0.15) is 12.5 Å². The Bertz CT molecular complexity index is 1360. The fraction of sp³-hybridized carbons (Fsp3) is 0.120. The number of para-hydroxylation sites is 1. The van der Waals surface area contributed by atoms with Crippen LogP contribution >= 0.6 is 35.0 Å². The second-order valence-electron chi connectivity index (χ2n) is 7.35. The number of carbonyl (C=O) groups is 1. The molecule has 0 atom stereocenters. The molecule has 0 saturated heterocycles. The summed E-state index contributed by atoms with van der Waals surface area (Å²) in [5.74, 6) is 1.22. The van der Waals surface area contributed by atoms with Crippen LogP contribution in [0.25, 0.3) is 17.1 Å². The van der Waals surface area contributed by atoms with Gasteiger partial charge in [-0.15, -0.1) is 10.2 Å². The Balaban J connectivity index is 1.52. The van der Waals surface area contributed by atoms with Crippen molar-refractivity contribution in [1.82, 2.24) is 20.2 Å². The molecule has 0 unspecified atom stereocenters. The highest BCUT2D eigenvalue weighted by Gasteiger charge is 2.17. The molecule has 1 amide bonds. The van der Waals surface area contributed by atoms with Crippen molar-refractivity contribution in [2.45, 2.75) is 12.1 Å². The topological polar surface area (TPSA) is 81.4 Å². The highest BCUT2D eigenvalue weighted by molar-refractivity contribution is 7.99. The summed E-state index contributed by atoms with van der Waals surface area (Å²) < 4.78 is 7.17. The van der Waals surface area contributed by atoms with Crippen LogP contribution in [-0.4, -0.2) is 39.2 Å². The van der Waals surface area contributed by atoms with Crippen LogP contribution in [0.15, 0.2) is 83.1 Å². The number of nitrogens with zero attached hydrogens (tertiary/aromatic N) is 4. The molecule has 3 aromatic carbocycles. The monoisotopic (exact) mass is 525 g/mol. The highest BCUT2D eigenvalue weighted by Crippen LogP contribution is 2.29. The summed E-state index contributed by atoms with van der Waals surface area (Å²) in [7, 11) is 1.62. The lowest BCUT2D eigenvalue weighted by Gasteiger charge is -2.10. The number of nitrogens with one attached hydrogen (secondary N) is 1. The molecule has 0 spiro atoms. The molecule has 0 aliphatic carbocycles. The molecule has 178 valence electrons. The van der Waals surface area contributed by atoms with Crippen LogP contribution in [0.5, 0.6) is 5.75 Å². The zero-order chi connectivity index (χ0) is 24.8. The van der Waals surface area contributed by atoms with Gasteiger partial charge in [0, 0.05) is 21.8 Å². The van der Waals surface area contributed by atoms with Crippen molar-refractivity contribution >= 4 is 46.6 Å². The van der Waals surface area contributed by atoms with E-state index in [2.05, 4.69) is 20.7 Å². The molecule has 10 heteroatoms. The van der Waals surface area contributed by atoms with Crippen LogP contribution in [0, 0.1) is 0 Å². The second-order valence-corrected chi connectivity index (χ2v) is 9.14. The summed E-state index contributed by atoms with van der Waals surface area (Å²) in [5, 5.41) is 14.5. The van der Waals surface area contributed by atoms with Crippen LogP contribution in [0.2, 0.25) is 10.0 Å². The maximum atomic E-state index is 12.5. The molecule has 1 heterocycles. The van der Waals surface area contributed by atoms with E-state index in [-0.39, 0.29) is 11.7 Å². The van der Waals surface area contributed by atoms with Gasteiger partial charge in [0.05, 0.1) is 23.6 Å². The Hall–Kier alpha value is -3.33. The van der Waals surface area contributed by atoms with E-state index in [1.54, 1.807) is 32.2 Å². The molecule has 0 bridgehead atoms. The normalized spacial score (nSPS) is 11.4. The third-order valence-electron chi connectivity index (χ3n) is 5.00. The molecule has 0 aliphatic heterocycles. The van der Waals surface area contributed by atoms with E-state index in [1.807, 2.05) is 59.2 Å². The average Bonchev–Trinajstić information content (AvgIpc) is 3.30. The Morgan fingerprint density at radius 1 is 1.06 bits per heavy atom. The van der Waals surface area contributed by atoms with Crippen molar-refractivity contribution in [2.24, 2.45) is 5.10 Å². The number of carbonyl (C=O) groups excluding carboxylic acids is 1. The van der Waals surface area contributed by atoms with Gasteiger partial charge in [-0.05, 0) is 55.5 Å². The van der Waals surface area contributed by atoms with Crippen LogP contribution in [0.4, 0.5) is 0 Å². The molecule has 0 aliphatic rings. The minimum atomic E-state index is -0.284. The van der Waals surface area contributed by atoms with Gasteiger partial charge >= 0.3 is 0 Å². The Morgan fingerprint density at radius 2 is 1.80 bits per heavy atom. The number of hydrazone groups is 1. The first-order valence-electron chi connectivity index (χ1n) is 10.5. The van der Waals surface area contributed by atoms with Crippen LogP contribution < -0.4 is 10.2 Å². The molecule has 1 N–H and O–H groups in total. The predicted octanol–water partition coefficient (Wildman–Crippen LogP) is 5.88. The maximum absolute atomic E-state index is 12.5. The van der Waals surface area contributed by atoms with Crippen molar-refractivity contribution in [1.29, 1.82) is 0 Å². The van der Waals surface area contributed by atoms with Gasteiger partial charge in [-0.1, -0.05) is 59.2 Å². The first kappa shape index (κ1) is 24.8. The van der Waals surface area contributed by atoms with Gasteiger partial charge in [0.25, 0.3) is 5.91 Å². The third-order valence-corrected chi connectivity index (χ3v) is 6.47. The Labute approximate surface area is 217 Å². The first-order chi connectivity index (χ1) is 17.0. The molecular weight excluding hydrogens is 505 g/mol. The number of rotatable bonds is 8. The Kier molecular flexibility index (Phi) is 8.07. The van der Waals surface area contributed by atoms with Crippen molar-refractivity contribution in [2.75, 3.05) is 12.9 Å². The molecule has 4 rings (SSSR count). The smallest absolute Gasteiger partial charge is 0.250 e. The summed E-state index contributed by atoms with van der Waals surface area (Å²) in [5.41, 5.74) is 5.59. The van der Waals surface area contributed by atoms with E-state index in [0.717, 1.165) is 17.0 Å². The zero-order valence-corrected chi connectivity index (χ0v) is 21.2. The Morgan fingerprint density at radius 3 is 2.49 bits per heavy atom. The second kappa shape index (κ2) is 11.4. The van der Waals surface area contributed by atoms with Gasteiger partial charge in [0.2, 0.25) is 0 Å². The molecule has 1 aromatic heterocycles. The largest absolute Gasteiger partial charge is 0.497 e. The van der Waals surface area contributed by atoms with Crippen molar-refractivity contribution < 1.29 is 9.53 Å². The fourth-order valence-electron chi connectivity index (χ4n) is 3.25. The van der Waals surface area contributed by atoms with E-state index in [4.69, 9.17) is 27.9 Å². The lowest BCUT2D eigenvalue weighted by molar-refractivity contribution is -0.118. The summed E-state index contributed by atoms with van der Waals surface area (Å²) in [6, 6.07) is 22.4. The number of hydrogen-bond acceptors (Lipinski definition) is 6. The molecular formula is C25H21Cl2N5O2S. The number of thioether (sulfide) groups is 1. The minimum Gasteiger partial charge on any atom is -0.497 e. The van der Waals surface area contributed by atoms with Gasteiger partial charge in [-0.2, -0.15) is 5.10 Å². The SMILES string of the molecule is COc1ccc(-c2nnc(SCC(=O)N/N=C(\C)c3ccc(Cl)cc3Cl)n2-c2ccccc2)cc1. The van der Waals surface area contributed by atoms with Gasteiger partial charge in [-0.3, -0.25) is 9.36 Å². The molecule has 35 heavy (non-hydrogen) atoms. The number of halogens is 2. The molecule has 0 fully saturated rings. The molecule has 0 radical (unpaired) electrons. The number of benzene rings is 3. The van der Waals surface area contributed by atoms with Crippen molar-refractivity contribution in [3.05, 3.63) is 88.4 Å². The molecule has 7 nitrogen and oxygen atoms in total.